The molecule has 0 saturated carbocycles. The largest absolute Gasteiger partial charge is 0.459 e. The number of fused-ring (bicyclic) bond motifs is 1. The zero-order valence-corrected chi connectivity index (χ0v) is 10.8. The minimum absolute atomic E-state index is 0.0447. The zero-order valence-electron chi connectivity index (χ0n) is 10.8. The number of carbonyl (C=O) groups is 1. The van der Waals surface area contributed by atoms with E-state index in [2.05, 4.69) is 0 Å². The Morgan fingerprint density at radius 2 is 2.25 bits per heavy atom. The molecule has 0 radical (unpaired) electrons. The van der Waals surface area contributed by atoms with Crippen LogP contribution in [0.2, 0.25) is 0 Å². The van der Waals surface area contributed by atoms with E-state index in [1.807, 2.05) is 6.92 Å². The predicted molar refractivity (Wildman–Crippen MR) is 71.8 cm³/mol. The Kier molecular flexibility index (Phi) is 2.78. The highest BCUT2D eigenvalue weighted by Crippen LogP contribution is 2.35. The van der Waals surface area contributed by atoms with Gasteiger partial charge in [0.05, 0.1) is 11.2 Å². The number of benzene rings is 1. The van der Waals surface area contributed by atoms with Gasteiger partial charge in [-0.05, 0) is 37.1 Å². The fraction of sp³-hybridized carbons (Fsp3) is 0.214. The Balaban J connectivity index is 2.00. The highest BCUT2D eigenvalue weighted by atomic mass is 16.6. The monoisotopic (exact) mass is 272 g/mol. The molecule has 0 unspecified atom stereocenters. The van der Waals surface area contributed by atoms with E-state index in [1.54, 1.807) is 23.1 Å². The predicted octanol–water partition coefficient (Wildman–Crippen LogP) is 2.78. The van der Waals surface area contributed by atoms with Crippen molar-refractivity contribution in [2.75, 3.05) is 4.90 Å². The van der Waals surface area contributed by atoms with Crippen molar-refractivity contribution in [3.63, 3.8) is 0 Å². The highest BCUT2D eigenvalue weighted by Gasteiger charge is 2.33. The van der Waals surface area contributed by atoms with Gasteiger partial charge in [0.1, 0.15) is 0 Å². The Morgan fingerprint density at radius 1 is 1.45 bits per heavy atom. The number of furan rings is 1. The van der Waals surface area contributed by atoms with Crippen molar-refractivity contribution >= 4 is 17.3 Å². The standard InChI is InChI=1S/C14H12N2O4/c1-9-7-10-8-11(16(18)19)4-5-12(10)15(9)14(17)13-3-2-6-20-13/h2-6,8-9H,7H2,1H3/t9-/m1/s1. The van der Waals surface area contributed by atoms with Gasteiger partial charge >= 0.3 is 0 Å². The molecule has 0 spiro atoms. The molecule has 2 aromatic rings. The first kappa shape index (κ1) is 12.4. The van der Waals surface area contributed by atoms with Crippen LogP contribution < -0.4 is 4.90 Å². The summed E-state index contributed by atoms with van der Waals surface area (Å²) in [6, 6.07) is 7.78. The lowest BCUT2D eigenvalue weighted by Gasteiger charge is -2.21. The zero-order chi connectivity index (χ0) is 14.3. The van der Waals surface area contributed by atoms with Crippen molar-refractivity contribution in [3.8, 4) is 0 Å². The first-order valence-corrected chi connectivity index (χ1v) is 6.22. The lowest BCUT2D eigenvalue weighted by molar-refractivity contribution is -0.384. The van der Waals surface area contributed by atoms with E-state index >= 15 is 0 Å². The summed E-state index contributed by atoms with van der Waals surface area (Å²) >= 11 is 0. The van der Waals surface area contributed by atoms with Crippen LogP contribution >= 0.6 is 0 Å². The molecule has 0 saturated heterocycles. The fourth-order valence-corrected chi connectivity index (χ4v) is 2.56. The van der Waals surface area contributed by atoms with Gasteiger partial charge in [-0.2, -0.15) is 0 Å². The SMILES string of the molecule is C[C@@H]1Cc2cc([N+](=O)[O-])ccc2N1C(=O)c1ccco1. The summed E-state index contributed by atoms with van der Waals surface area (Å²) < 4.78 is 5.13. The quantitative estimate of drug-likeness (QED) is 0.622. The lowest BCUT2D eigenvalue weighted by Crippen LogP contribution is -2.35. The van der Waals surface area contributed by atoms with Crippen LogP contribution in [0.1, 0.15) is 23.0 Å². The van der Waals surface area contributed by atoms with Crippen molar-refractivity contribution < 1.29 is 14.1 Å². The van der Waals surface area contributed by atoms with E-state index in [0.717, 1.165) is 5.56 Å². The summed E-state index contributed by atoms with van der Waals surface area (Å²) in [7, 11) is 0. The average Bonchev–Trinajstić information content (AvgIpc) is 3.03. The smallest absolute Gasteiger partial charge is 0.294 e. The second-order valence-corrected chi connectivity index (χ2v) is 4.78. The molecule has 3 rings (SSSR count). The molecule has 0 fully saturated rings. The fourth-order valence-electron chi connectivity index (χ4n) is 2.56. The van der Waals surface area contributed by atoms with Gasteiger partial charge in [-0.3, -0.25) is 14.9 Å². The first-order chi connectivity index (χ1) is 9.58. The molecule has 0 N–H and O–H groups in total. The molecule has 0 bridgehead atoms. The highest BCUT2D eigenvalue weighted by molar-refractivity contribution is 6.06. The molecule has 102 valence electrons. The molecule has 1 aromatic carbocycles. The molecule has 2 heterocycles. The van der Waals surface area contributed by atoms with Crippen molar-refractivity contribution in [1.29, 1.82) is 0 Å². The maximum atomic E-state index is 12.4. The number of nitro benzene ring substituents is 1. The molecule has 6 nitrogen and oxygen atoms in total. The van der Waals surface area contributed by atoms with Gasteiger partial charge in [0.2, 0.25) is 0 Å². The number of nitro groups is 1. The van der Waals surface area contributed by atoms with Gasteiger partial charge in [-0.15, -0.1) is 0 Å². The lowest BCUT2D eigenvalue weighted by atomic mass is 10.1. The number of rotatable bonds is 2. The molecule has 1 aromatic heterocycles. The van der Waals surface area contributed by atoms with Gasteiger partial charge in [0.15, 0.2) is 5.76 Å². The number of hydrogen-bond donors (Lipinski definition) is 0. The van der Waals surface area contributed by atoms with E-state index < -0.39 is 4.92 Å². The third-order valence-corrected chi connectivity index (χ3v) is 3.44. The maximum absolute atomic E-state index is 12.4. The molecular formula is C14H12N2O4. The summed E-state index contributed by atoms with van der Waals surface area (Å²) in [5, 5.41) is 10.8. The van der Waals surface area contributed by atoms with Crippen LogP contribution in [0.5, 0.6) is 0 Å². The third kappa shape index (κ3) is 1.85. The van der Waals surface area contributed by atoms with Crippen molar-refractivity contribution in [2.45, 2.75) is 19.4 Å². The molecule has 6 heteroatoms. The first-order valence-electron chi connectivity index (χ1n) is 6.22. The van der Waals surface area contributed by atoms with Gasteiger partial charge < -0.3 is 9.32 Å². The Labute approximate surface area is 114 Å². The number of carbonyl (C=O) groups excluding carboxylic acids is 1. The average molecular weight is 272 g/mol. The number of nitrogens with zero attached hydrogens (tertiary/aromatic N) is 2. The molecule has 1 aliphatic rings. The Morgan fingerprint density at radius 3 is 2.90 bits per heavy atom. The topological polar surface area (TPSA) is 76.6 Å². The number of hydrogen-bond acceptors (Lipinski definition) is 4. The van der Waals surface area contributed by atoms with E-state index in [-0.39, 0.29) is 23.4 Å². The van der Waals surface area contributed by atoms with Crippen LogP contribution in [-0.2, 0) is 6.42 Å². The molecule has 0 aliphatic carbocycles. The minimum Gasteiger partial charge on any atom is -0.459 e. The van der Waals surface area contributed by atoms with E-state index in [0.29, 0.717) is 12.1 Å². The number of non-ortho nitro benzene ring substituents is 1. The van der Waals surface area contributed by atoms with E-state index in [4.69, 9.17) is 4.42 Å². The summed E-state index contributed by atoms with van der Waals surface area (Å²) in [5.41, 5.74) is 1.57. The normalized spacial score (nSPS) is 17.1. The Bertz CT molecular complexity index is 678. The van der Waals surface area contributed by atoms with Crippen molar-refractivity contribution in [1.82, 2.24) is 0 Å². The Hall–Kier alpha value is -2.63. The molecule has 20 heavy (non-hydrogen) atoms. The van der Waals surface area contributed by atoms with Crippen LogP contribution in [0.3, 0.4) is 0 Å². The van der Waals surface area contributed by atoms with Crippen molar-refractivity contribution in [2.24, 2.45) is 0 Å². The summed E-state index contributed by atoms with van der Waals surface area (Å²) in [5.74, 6) is 0.0400. The number of amides is 1. The molecule has 1 atom stereocenters. The van der Waals surface area contributed by atoms with Gasteiger partial charge in [0, 0.05) is 23.9 Å². The second kappa shape index (κ2) is 4.48. The molecular weight excluding hydrogens is 260 g/mol. The van der Waals surface area contributed by atoms with Crippen LogP contribution in [-0.4, -0.2) is 16.9 Å². The van der Waals surface area contributed by atoms with Crippen LogP contribution in [0, 0.1) is 10.1 Å². The van der Waals surface area contributed by atoms with Crippen LogP contribution in [0.4, 0.5) is 11.4 Å². The van der Waals surface area contributed by atoms with Gasteiger partial charge in [-0.1, -0.05) is 0 Å². The third-order valence-electron chi connectivity index (χ3n) is 3.44. The maximum Gasteiger partial charge on any atom is 0.294 e. The van der Waals surface area contributed by atoms with Gasteiger partial charge in [0.25, 0.3) is 11.6 Å². The minimum atomic E-state index is -0.429. The molecule has 1 aliphatic heterocycles. The summed E-state index contributed by atoms with van der Waals surface area (Å²) in [6.07, 6.45) is 2.05. The summed E-state index contributed by atoms with van der Waals surface area (Å²) in [6.45, 7) is 1.91. The second-order valence-electron chi connectivity index (χ2n) is 4.78. The number of anilines is 1. The summed E-state index contributed by atoms with van der Waals surface area (Å²) in [4.78, 5) is 24.4. The van der Waals surface area contributed by atoms with E-state index in [1.165, 1.54) is 18.4 Å². The van der Waals surface area contributed by atoms with Crippen LogP contribution in [0.25, 0.3) is 0 Å². The molecule has 1 amide bonds. The van der Waals surface area contributed by atoms with E-state index in [9.17, 15) is 14.9 Å². The van der Waals surface area contributed by atoms with Gasteiger partial charge in [-0.25, -0.2) is 0 Å². The van der Waals surface area contributed by atoms with Crippen molar-refractivity contribution in [3.05, 3.63) is 58.0 Å². The van der Waals surface area contributed by atoms with Crippen LogP contribution in [0.15, 0.2) is 41.0 Å².